The van der Waals surface area contributed by atoms with Crippen LogP contribution in [0.4, 0.5) is 0 Å². The van der Waals surface area contributed by atoms with E-state index in [-0.39, 0.29) is 13.2 Å². The van der Waals surface area contributed by atoms with E-state index in [1.165, 1.54) is 58.3 Å². The van der Waals surface area contributed by atoms with E-state index in [1.807, 2.05) is 0 Å². The molecule has 2 heterocycles. The molecule has 0 bridgehead atoms. The maximum Gasteiger partial charge on any atom is 0.303 e. The van der Waals surface area contributed by atoms with Gasteiger partial charge in [-0.15, -0.1) is 0 Å². The highest BCUT2D eigenvalue weighted by atomic mass is 16.7. The van der Waals surface area contributed by atoms with E-state index >= 15 is 0 Å². The summed E-state index contributed by atoms with van der Waals surface area (Å²) < 4.78 is 32.9. The molecule has 2 aliphatic heterocycles. The van der Waals surface area contributed by atoms with Crippen LogP contribution >= 0.6 is 0 Å². The third kappa shape index (κ3) is 13.4. The van der Waals surface area contributed by atoms with Crippen LogP contribution in [-0.2, 0) is 33.2 Å². The van der Waals surface area contributed by atoms with Crippen molar-refractivity contribution in [3.63, 3.8) is 0 Å². The molecule has 0 aromatic rings. The molecule has 0 spiro atoms. The smallest absolute Gasteiger partial charge is 0.303 e. The van der Waals surface area contributed by atoms with Crippen molar-refractivity contribution in [2.24, 2.45) is 0 Å². The van der Waals surface area contributed by atoms with Gasteiger partial charge in [-0.05, 0) is 6.42 Å². The van der Waals surface area contributed by atoms with Gasteiger partial charge in [0.1, 0.15) is 54.9 Å². The molecule has 260 valence electrons. The minimum atomic E-state index is -1.69. The lowest BCUT2D eigenvalue weighted by molar-refractivity contribution is -0.332. The standard InChI is InChI=1S/C30H56O14/c1-3-4-5-6-7-8-9-10-11-12-13-14-39-16-20(42-19(2)32)17-40-29-28(38)26(36)24(34)22(44-29)18-41-30-27(37)25(35)23(33)21(15-31)43-30/h20-31,33-38H,3-18H2,1-2H3. The van der Waals surface area contributed by atoms with Crippen LogP contribution in [-0.4, -0.2) is 142 Å². The zero-order chi connectivity index (χ0) is 32.5. The molecule has 11 atom stereocenters. The Morgan fingerprint density at radius 2 is 1.16 bits per heavy atom. The van der Waals surface area contributed by atoms with Crippen LogP contribution in [0.5, 0.6) is 0 Å². The van der Waals surface area contributed by atoms with Gasteiger partial charge in [0.15, 0.2) is 12.6 Å². The molecular formula is C30H56O14. The van der Waals surface area contributed by atoms with E-state index < -0.39 is 86.7 Å². The molecule has 0 amide bonds. The van der Waals surface area contributed by atoms with Crippen LogP contribution in [0.1, 0.15) is 84.5 Å². The van der Waals surface area contributed by atoms with Gasteiger partial charge in [-0.2, -0.15) is 0 Å². The van der Waals surface area contributed by atoms with Crippen molar-refractivity contribution in [1.29, 1.82) is 0 Å². The molecule has 14 nitrogen and oxygen atoms in total. The van der Waals surface area contributed by atoms with Crippen molar-refractivity contribution < 1.29 is 69.0 Å². The van der Waals surface area contributed by atoms with Crippen LogP contribution in [0.2, 0.25) is 0 Å². The van der Waals surface area contributed by atoms with Gasteiger partial charge in [0.25, 0.3) is 0 Å². The second kappa shape index (κ2) is 21.7. The summed E-state index contributed by atoms with van der Waals surface area (Å²) in [5.41, 5.74) is 0. The number of ether oxygens (including phenoxy) is 6. The Labute approximate surface area is 260 Å². The number of rotatable bonds is 22. The van der Waals surface area contributed by atoms with Crippen molar-refractivity contribution in [1.82, 2.24) is 0 Å². The molecule has 0 saturated carbocycles. The van der Waals surface area contributed by atoms with Crippen molar-refractivity contribution in [2.75, 3.05) is 33.0 Å². The molecule has 2 fully saturated rings. The fraction of sp³-hybridized carbons (Fsp3) is 0.967. The zero-order valence-corrected chi connectivity index (χ0v) is 26.2. The molecule has 2 rings (SSSR count). The summed E-state index contributed by atoms with van der Waals surface area (Å²) in [6.45, 7) is 2.63. The molecule has 14 heteroatoms. The Morgan fingerprint density at radius 1 is 0.659 bits per heavy atom. The first-order valence-corrected chi connectivity index (χ1v) is 16.1. The van der Waals surface area contributed by atoms with Crippen molar-refractivity contribution in [2.45, 2.75) is 152 Å². The fourth-order valence-electron chi connectivity index (χ4n) is 5.22. The summed E-state index contributed by atoms with van der Waals surface area (Å²) in [6, 6.07) is 0. The highest BCUT2D eigenvalue weighted by Crippen LogP contribution is 2.26. The van der Waals surface area contributed by atoms with Gasteiger partial charge in [-0.3, -0.25) is 4.79 Å². The predicted octanol–water partition coefficient (Wildman–Crippen LogP) is -0.114. The lowest BCUT2D eigenvalue weighted by Crippen LogP contribution is -2.61. The number of unbranched alkanes of at least 4 members (excludes halogenated alkanes) is 10. The molecule has 0 aromatic heterocycles. The molecular weight excluding hydrogens is 584 g/mol. The summed E-state index contributed by atoms with van der Waals surface area (Å²) >= 11 is 0. The van der Waals surface area contributed by atoms with E-state index in [2.05, 4.69) is 6.92 Å². The van der Waals surface area contributed by atoms with Crippen LogP contribution in [0.3, 0.4) is 0 Å². The average molecular weight is 641 g/mol. The van der Waals surface area contributed by atoms with Crippen molar-refractivity contribution >= 4 is 5.97 Å². The number of hydrogen-bond donors (Lipinski definition) is 7. The Kier molecular flexibility index (Phi) is 19.3. The molecule has 44 heavy (non-hydrogen) atoms. The first-order chi connectivity index (χ1) is 21.1. The van der Waals surface area contributed by atoms with Gasteiger partial charge in [0.2, 0.25) is 0 Å². The predicted molar refractivity (Wildman–Crippen MR) is 155 cm³/mol. The lowest BCUT2D eigenvalue weighted by atomic mass is 9.98. The highest BCUT2D eigenvalue weighted by molar-refractivity contribution is 5.66. The number of esters is 1. The minimum absolute atomic E-state index is 0.0506. The third-order valence-corrected chi connectivity index (χ3v) is 7.92. The lowest BCUT2D eigenvalue weighted by Gasteiger charge is -2.42. The molecule has 2 aliphatic rings. The largest absolute Gasteiger partial charge is 0.458 e. The Balaban J connectivity index is 1.74. The number of hydrogen-bond acceptors (Lipinski definition) is 14. The second-order valence-electron chi connectivity index (χ2n) is 11.7. The number of aliphatic hydroxyl groups is 7. The summed E-state index contributed by atoms with van der Waals surface area (Å²) in [5.74, 6) is -0.553. The minimum Gasteiger partial charge on any atom is -0.458 e. The van der Waals surface area contributed by atoms with Gasteiger partial charge in [0.05, 0.1) is 26.4 Å². The van der Waals surface area contributed by atoms with Crippen LogP contribution < -0.4 is 0 Å². The molecule has 11 unspecified atom stereocenters. The maximum absolute atomic E-state index is 11.6. The first-order valence-electron chi connectivity index (χ1n) is 16.1. The van der Waals surface area contributed by atoms with E-state index in [4.69, 9.17) is 28.4 Å². The molecule has 0 aromatic carbocycles. The van der Waals surface area contributed by atoms with Gasteiger partial charge >= 0.3 is 5.97 Å². The zero-order valence-electron chi connectivity index (χ0n) is 26.2. The quantitative estimate of drug-likeness (QED) is 0.0608. The van der Waals surface area contributed by atoms with E-state index in [0.29, 0.717) is 6.61 Å². The van der Waals surface area contributed by atoms with Crippen LogP contribution in [0.15, 0.2) is 0 Å². The van der Waals surface area contributed by atoms with Gasteiger partial charge in [-0.25, -0.2) is 0 Å². The van der Waals surface area contributed by atoms with E-state index in [1.54, 1.807) is 0 Å². The highest BCUT2D eigenvalue weighted by Gasteiger charge is 2.47. The summed E-state index contributed by atoms with van der Waals surface area (Å²) in [4.78, 5) is 11.6. The Bertz CT molecular complexity index is 757. The molecule has 0 radical (unpaired) electrons. The van der Waals surface area contributed by atoms with Crippen LogP contribution in [0.25, 0.3) is 0 Å². The fourth-order valence-corrected chi connectivity index (χ4v) is 5.22. The molecule has 0 aliphatic carbocycles. The Hall–Kier alpha value is -1.01. The normalized spacial score (nSPS) is 33.3. The van der Waals surface area contributed by atoms with E-state index in [9.17, 15) is 40.5 Å². The van der Waals surface area contributed by atoms with Crippen molar-refractivity contribution in [3.8, 4) is 0 Å². The maximum atomic E-state index is 11.6. The number of aliphatic hydroxyl groups excluding tert-OH is 7. The third-order valence-electron chi connectivity index (χ3n) is 7.92. The summed E-state index contributed by atoms with van der Waals surface area (Å²) in [7, 11) is 0. The monoisotopic (exact) mass is 640 g/mol. The second-order valence-corrected chi connectivity index (χ2v) is 11.7. The SMILES string of the molecule is CCCCCCCCCCCCCOCC(COC1OC(COC2OC(CO)C(O)C(O)C2O)C(O)C(O)C1O)OC(C)=O. The molecule has 2 saturated heterocycles. The van der Waals surface area contributed by atoms with Gasteiger partial charge in [0, 0.05) is 13.5 Å². The van der Waals surface area contributed by atoms with Gasteiger partial charge < -0.3 is 64.2 Å². The van der Waals surface area contributed by atoms with E-state index in [0.717, 1.165) is 19.3 Å². The number of carbonyl (C=O) groups excluding carboxylic acids is 1. The Morgan fingerprint density at radius 3 is 1.70 bits per heavy atom. The topological polar surface area (TPSA) is 214 Å². The van der Waals surface area contributed by atoms with Gasteiger partial charge in [-0.1, -0.05) is 71.1 Å². The van der Waals surface area contributed by atoms with Crippen molar-refractivity contribution in [3.05, 3.63) is 0 Å². The average Bonchev–Trinajstić information content (AvgIpc) is 3.00. The number of carbonyl (C=O) groups is 1. The first kappa shape index (κ1) is 39.2. The summed E-state index contributed by atoms with van der Waals surface area (Å²) in [5, 5.41) is 70.5. The molecule has 7 N–H and O–H groups in total. The summed E-state index contributed by atoms with van der Waals surface area (Å²) in [6.07, 6.45) is -2.76. The van der Waals surface area contributed by atoms with Crippen LogP contribution in [0, 0.1) is 0 Å².